The van der Waals surface area contributed by atoms with Gasteiger partial charge in [-0.05, 0) is 19.1 Å². The molecule has 2 rings (SSSR count). The number of anilines is 1. The maximum atomic E-state index is 11.2. The number of rotatable bonds is 3. The Morgan fingerprint density at radius 2 is 2.17 bits per heavy atom. The first-order valence-corrected chi connectivity index (χ1v) is 5.95. The number of aliphatic hydroxyl groups excluding tert-OH is 1. The van der Waals surface area contributed by atoms with E-state index >= 15 is 0 Å². The third-order valence-corrected chi connectivity index (χ3v) is 3.01. The molecule has 5 nitrogen and oxygen atoms in total. The van der Waals surface area contributed by atoms with Crippen LogP contribution in [-0.2, 0) is 4.74 Å². The number of ether oxygens (including phenoxy) is 1. The lowest BCUT2D eigenvalue weighted by molar-refractivity contribution is -0.0421. The molecular weight excluding hydrogens is 234 g/mol. The molecular formula is C13H17NO4. The third-order valence-electron chi connectivity index (χ3n) is 3.01. The lowest BCUT2D eigenvalue weighted by atomic mass is 10.1. The van der Waals surface area contributed by atoms with Gasteiger partial charge in [-0.25, -0.2) is 4.79 Å². The monoisotopic (exact) mass is 251 g/mol. The summed E-state index contributed by atoms with van der Waals surface area (Å²) in [6, 6.07) is 6.90. The van der Waals surface area contributed by atoms with Gasteiger partial charge in [-0.1, -0.05) is 12.1 Å². The van der Waals surface area contributed by atoms with Crippen LogP contribution in [0.4, 0.5) is 5.69 Å². The highest BCUT2D eigenvalue weighted by atomic mass is 16.5. The van der Waals surface area contributed by atoms with Crippen LogP contribution in [-0.4, -0.2) is 48.1 Å². The average Bonchev–Trinajstić information content (AvgIpc) is 2.38. The summed E-state index contributed by atoms with van der Waals surface area (Å²) in [5.74, 6) is -0.940. The molecule has 0 amide bonds. The van der Waals surface area contributed by atoms with Gasteiger partial charge in [0, 0.05) is 13.1 Å². The molecule has 5 heteroatoms. The first kappa shape index (κ1) is 12.9. The first-order valence-electron chi connectivity index (χ1n) is 5.95. The second-order valence-corrected chi connectivity index (χ2v) is 4.48. The smallest absolute Gasteiger partial charge is 0.337 e. The van der Waals surface area contributed by atoms with Crippen molar-refractivity contribution in [2.75, 3.05) is 24.6 Å². The minimum atomic E-state index is -0.940. The molecule has 1 aliphatic rings. The Morgan fingerprint density at radius 3 is 2.83 bits per heavy atom. The summed E-state index contributed by atoms with van der Waals surface area (Å²) >= 11 is 0. The van der Waals surface area contributed by atoms with Gasteiger partial charge in [0.05, 0.1) is 30.1 Å². The normalized spacial score (nSPS) is 24.0. The van der Waals surface area contributed by atoms with Crippen molar-refractivity contribution in [2.45, 2.75) is 19.1 Å². The van der Waals surface area contributed by atoms with Crippen LogP contribution in [0.5, 0.6) is 0 Å². The number of para-hydroxylation sites is 1. The molecule has 0 aliphatic carbocycles. The van der Waals surface area contributed by atoms with Crippen molar-refractivity contribution in [3.05, 3.63) is 29.8 Å². The zero-order valence-electron chi connectivity index (χ0n) is 10.2. The Labute approximate surface area is 106 Å². The van der Waals surface area contributed by atoms with E-state index in [1.54, 1.807) is 18.2 Å². The van der Waals surface area contributed by atoms with Gasteiger partial charge in [-0.2, -0.15) is 0 Å². The van der Waals surface area contributed by atoms with Crippen LogP contribution in [0.1, 0.15) is 17.3 Å². The van der Waals surface area contributed by atoms with E-state index in [9.17, 15) is 15.0 Å². The standard InChI is InChI=1S/C13H17NO4/c1-9-6-14(7-10(8-15)18-9)12-5-3-2-4-11(12)13(16)17/h2-5,9-10,15H,6-8H2,1H3,(H,16,17). The van der Waals surface area contributed by atoms with Crippen molar-refractivity contribution in [1.29, 1.82) is 0 Å². The number of nitrogens with zero attached hydrogens (tertiary/aromatic N) is 1. The lowest BCUT2D eigenvalue weighted by Crippen LogP contribution is -2.48. The zero-order valence-corrected chi connectivity index (χ0v) is 10.2. The molecule has 1 aromatic rings. The molecule has 98 valence electrons. The van der Waals surface area contributed by atoms with Crippen LogP contribution >= 0.6 is 0 Å². The summed E-state index contributed by atoms with van der Waals surface area (Å²) < 4.78 is 5.55. The molecule has 0 radical (unpaired) electrons. The van der Waals surface area contributed by atoms with Crippen molar-refractivity contribution in [2.24, 2.45) is 0 Å². The molecule has 18 heavy (non-hydrogen) atoms. The van der Waals surface area contributed by atoms with E-state index in [0.717, 1.165) is 0 Å². The van der Waals surface area contributed by atoms with E-state index < -0.39 is 5.97 Å². The number of aromatic carboxylic acids is 1. The molecule has 2 unspecified atom stereocenters. The number of carboxylic acid groups (broad SMARTS) is 1. The second-order valence-electron chi connectivity index (χ2n) is 4.48. The SMILES string of the molecule is CC1CN(c2ccccc2C(=O)O)CC(CO)O1. The molecule has 0 aromatic heterocycles. The minimum absolute atomic E-state index is 0.0299. The van der Waals surface area contributed by atoms with E-state index in [1.165, 1.54) is 0 Å². The molecule has 1 aromatic carbocycles. The van der Waals surface area contributed by atoms with Gasteiger partial charge in [-0.15, -0.1) is 0 Å². The molecule has 2 atom stereocenters. The van der Waals surface area contributed by atoms with E-state index in [0.29, 0.717) is 18.8 Å². The van der Waals surface area contributed by atoms with E-state index in [4.69, 9.17) is 4.74 Å². The van der Waals surface area contributed by atoms with Crippen molar-refractivity contribution >= 4 is 11.7 Å². The van der Waals surface area contributed by atoms with Crippen LogP contribution in [0.3, 0.4) is 0 Å². The van der Waals surface area contributed by atoms with Gasteiger partial charge in [0.2, 0.25) is 0 Å². The van der Waals surface area contributed by atoms with Gasteiger partial charge in [0.25, 0.3) is 0 Å². The second kappa shape index (κ2) is 5.37. The maximum Gasteiger partial charge on any atom is 0.337 e. The first-order chi connectivity index (χ1) is 8.61. The van der Waals surface area contributed by atoms with Crippen LogP contribution in [0.2, 0.25) is 0 Å². The quantitative estimate of drug-likeness (QED) is 0.837. The third kappa shape index (κ3) is 2.63. The van der Waals surface area contributed by atoms with Crippen molar-refractivity contribution in [3.8, 4) is 0 Å². The summed E-state index contributed by atoms with van der Waals surface area (Å²) in [5, 5.41) is 18.4. The number of aliphatic hydroxyl groups is 1. The predicted octanol–water partition coefficient (Wildman–Crippen LogP) is 0.971. The Hall–Kier alpha value is -1.59. The summed E-state index contributed by atoms with van der Waals surface area (Å²) in [5.41, 5.74) is 0.960. The Bertz CT molecular complexity index is 435. The van der Waals surface area contributed by atoms with Gasteiger partial charge >= 0.3 is 5.97 Å². The molecule has 0 spiro atoms. The predicted molar refractivity (Wildman–Crippen MR) is 67.0 cm³/mol. The number of carboxylic acids is 1. The highest BCUT2D eigenvalue weighted by molar-refractivity contribution is 5.94. The molecule has 2 N–H and O–H groups in total. The minimum Gasteiger partial charge on any atom is -0.478 e. The Kier molecular flexibility index (Phi) is 3.84. The molecule has 1 heterocycles. The van der Waals surface area contributed by atoms with Gasteiger partial charge in [0.1, 0.15) is 0 Å². The van der Waals surface area contributed by atoms with Crippen molar-refractivity contribution in [1.82, 2.24) is 0 Å². The number of hydrogen-bond acceptors (Lipinski definition) is 4. The largest absolute Gasteiger partial charge is 0.478 e. The van der Waals surface area contributed by atoms with Crippen LogP contribution < -0.4 is 4.90 Å². The van der Waals surface area contributed by atoms with Crippen LogP contribution in [0.25, 0.3) is 0 Å². The summed E-state index contributed by atoms with van der Waals surface area (Å²) in [6.07, 6.45) is -0.298. The fraction of sp³-hybridized carbons (Fsp3) is 0.462. The Balaban J connectivity index is 2.27. The topological polar surface area (TPSA) is 70.0 Å². The molecule has 1 aliphatic heterocycles. The Morgan fingerprint density at radius 1 is 1.44 bits per heavy atom. The van der Waals surface area contributed by atoms with Crippen LogP contribution in [0, 0.1) is 0 Å². The lowest BCUT2D eigenvalue weighted by Gasteiger charge is -2.38. The van der Waals surface area contributed by atoms with Gasteiger partial charge in [0.15, 0.2) is 0 Å². The van der Waals surface area contributed by atoms with Crippen LogP contribution in [0.15, 0.2) is 24.3 Å². The summed E-state index contributed by atoms with van der Waals surface area (Å²) in [4.78, 5) is 13.1. The van der Waals surface area contributed by atoms with Crippen molar-refractivity contribution in [3.63, 3.8) is 0 Å². The highest BCUT2D eigenvalue weighted by Gasteiger charge is 2.27. The maximum absolute atomic E-state index is 11.2. The number of benzene rings is 1. The number of morpholine rings is 1. The molecule has 0 bridgehead atoms. The number of carbonyl (C=O) groups is 1. The zero-order chi connectivity index (χ0) is 13.1. The summed E-state index contributed by atoms with van der Waals surface area (Å²) in [7, 11) is 0. The molecule has 0 saturated carbocycles. The van der Waals surface area contributed by atoms with Gasteiger partial charge < -0.3 is 19.8 Å². The van der Waals surface area contributed by atoms with E-state index in [2.05, 4.69) is 0 Å². The fourth-order valence-corrected chi connectivity index (χ4v) is 2.27. The van der Waals surface area contributed by atoms with Gasteiger partial charge in [-0.3, -0.25) is 0 Å². The molecule has 1 fully saturated rings. The fourth-order valence-electron chi connectivity index (χ4n) is 2.27. The highest BCUT2D eigenvalue weighted by Crippen LogP contribution is 2.24. The average molecular weight is 251 g/mol. The van der Waals surface area contributed by atoms with Crippen molar-refractivity contribution < 1.29 is 19.7 Å². The number of hydrogen-bond donors (Lipinski definition) is 2. The molecule has 1 saturated heterocycles. The van der Waals surface area contributed by atoms with E-state index in [1.807, 2.05) is 17.9 Å². The van der Waals surface area contributed by atoms with E-state index in [-0.39, 0.29) is 24.4 Å². The summed E-state index contributed by atoms with van der Waals surface area (Å²) in [6.45, 7) is 2.99.